The highest BCUT2D eigenvalue weighted by molar-refractivity contribution is 5.94. The molecule has 1 saturated heterocycles. The van der Waals surface area contributed by atoms with Crippen molar-refractivity contribution in [2.24, 2.45) is 11.3 Å². The zero-order valence-electron chi connectivity index (χ0n) is 14.8. The molecule has 24 heavy (non-hydrogen) atoms. The summed E-state index contributed by atoms with van der Waals surface area (Å²) in [6, 6.07) is 7.68. The second-order valence-electron chi connectivity index (χ2n) is 7.34. The smallest absolute Gasteiger partial charge is 0.251 e. The van der Waals surface area contributed by atoms with Crippen molar-refractivity contribution < 1.29 is 14.3 Å². The van der Waals surface area contributed by atoms with Gasteiger partial charge in [-0.05, 0) is 31.0 Å². The molecule has 3 atom stereocenters. The van der Waals surface area contributed by atoms with E-state index in [2.05, 4.69) is 24.5 Å². The average molecular weight is 332 g/mol. The van der Waals surface area contributed by atoms with Crippen LogP contribution in [-0.4, -0.2) is 44.9 Å². The molecule has 1 heterocycles. The molecule has 2 N–H and O–H groups in total. The largest absolute Gasteiger partial charge is 0.497 e. The van der Waals surface area contributed by atoms with Crippen LogP contribution < -0.4 is 15.4 Å². The Labute approximate surface area is 144 Å². The summed E-state index contributed by atoms with van der Waals surface area (Å²) < 4.78 is 11.1. The molecule has 0 aromatic heterocycles. The monoisotopic (exact) mass is 332 g/mol. The van der Waals surface area contributed by atoms with Crippen LogP contribution in [0, 0.1) is 11.3 Å². The molecule has 2 aliphatic rings. The minimum absolute atomic E-state index is 0.0672. The molecule has 132 valence electrons. The molecule has 1 aromatic carbocycles. The molecular formula is C19H28N2O3. The van der Waals surface area contributed by atoms with Crippen LogP contribution in [0.3, 0.4) is 0 Å². The van der Waals surface area contributed by atoms with Crippen molar-refractivity contribution >= 4 is 5.91 Å². The zero-order valence-corrected chi connectivity index (χ0v) is 14.8. The zero-order chi connectivity index (χ0) is 17.2. The molecule has 3 rings (SSSR count). The normalized spacial score (nSPS) is 27.7. The molecule has 1 amide bonds. The quantitative estimate of drug-likeness (QED) is 0.784. The van der Waals surface area contributed by atoms with E-state index >= 15 is 0 Å². The van der Waals surface area contributed by atoms with Gasteiger partial charge in [-0.25, -0.2) is 0 Å². The number of hydrogen-bond acceptors (Lipinski definition) is 4. The van der Waals surface area contributed by atoms with Crippen LogP contribution in [0.25, 0.3) is 0 Å². The standard InChI is InChI=1S/C19H28N2O3/c1-19(2)16(15-8-5-11-24-17(15)19)20-9-10-21-18(22)13-6-4-7-14(12-13)23-3/h4,6-7,12,15-17,20H,5,8-11H2,1-3H3,(H,21,22)/t15-,16-,17-/m1/s1. The molecule has 5 heteroatoms. The molecule has 0 radical (unpaired) electrons. The Morgan fingerprint density at radius 1 is 1.38 bits per heavy atom. The van der Waals surface area contributed by atoms with Crippen LogP contribution in [0.4, 0.5) is 0 Å². The Morgan fingerprint density at radius 3 is 3.00 bits per heavy atom. The van der Waals surface area contributed by atoms with Crippen LogP contribution in [0.2, 0.25) is 0 Å². The van der Waals surface area contributed by atoms with Gasteiger partial charge in [0.2, 0.25) is 0 Å². The second kappa shape index (κ2) is 7.11. The number of methoxy groups -OCH3 is 1. The number of amides is 1. The maximum atomic E-state index is 12.2. The number of benzene rings is 1. The Kier molecular flexibility index (Phi) is 5.11. The average Bonchev–Trinajstić information content (AvgIpc) is 2.61. The molecule has 1 aliphatic carbocycles. The SMILES string of the molecule is COc1cccc(C(=O)NCCN[C@@H]2[C@H]3CCCO[C@H]3C2(C)C)c1. The summed E-state index contributed by atoms with van der Waals surface area (Å²) in [7, 11) is 1.60. The summed E-state index contributed by atoms with van der Waals surface area (Å²) in [5.74, 6) is 1.24. The fourth-order valence-electron chi connectivity index (χ4n) is 4.21. The van der Waals surface area contributed by atoms with E-state index in [-0.39, 0.29) is 11.3 Å². The lowest BCUT2D eigenvalue weighted by Gasteiger charge is -2.60. The van der Waals surface area contributed by atoms with E-state index in [1.54, 1.807) is 19.2 Å². The molecule has 1 aliphatic heterocycles. The predicted molar refractivity (Wildman–Crippen MR) is 93.4 cm³/mol. The number of rotatable bonds is 6. The topological polar surface area (TPSA) is 59.6 Å². The van der Waals surface area contributed by atoms with Gasteiger partial charge in [-0.1, -0.05) is 19.9 Å². The van der Waals surface area contributed by atoms with Gasteiger partial charge in [-0.2, -0.15) is 0 Å². The predicted octanol–water partition coefficient (Wildman–Crippen LogP) is 2.22. The minimum atomic E-state index is -0.0672. The maximum Gasteiger partial charge on any atom is 0.251 e. The number of hydrogen-bond donors (Lipinski definition) is 2. The van der Waals surface area contributed by atoms with Crippen molar-refractivity contribution in [2.75, 3.05) is 26.8 Å². The fourth-order valence-corrected chi connectivity index (χ4v) is 4.21. The van der Waals surface area contributed by atoms with E-state index in [0.29, 0.717) is 35.9 Å². The Morgan fingerprint density at radius 2 is 2.21 bits per heavy atom. The van der Waals surface area contributed by atoms with Crippen molar-refractivity contribution in [3.8, 4) is 5.75 Å². The van der Waals surface area contributed by atoms with Crippen LogP contribution in [0.1, 0.15) is 37.0 Å². The maximum absolute atomic E-state index is 12.2. The van der Waals surface area contributed by atoms with Gasteiger partial charge in [0.25, 0.3) is 5.91 Å². The van der Waals surface area contributed by atoms with Crippen LogP contribution in [-0.2, 0) is 4.74 Å². The lowest BCUT2D eigenvalue weighted by molar-refractivity contribution is -0.192. The molecule has 2 fully saturated rings. The molecule has 0 spiro atoms. The Balaban J connectivity index is 1.44. The third kappa shape index (κ3) is 3.28. The van der Waals surface area contributed by atoms with Gasteiger partial charge in [0.1, 0.15) is 5.75 Å². The number of nitrogens with one attached hydrogen (secondary N) is 2. The summed E-state index contributed by atoms with van der Waals surface area (Å²) in [4.78, 5) is 12.2. The third-order valence-corrected chi connectivity index (χ3v) is 5.44. The van der Waals surface area contributed by atoms with Crippen LogP contribution >= 0.6 is 0 Å². The Bertz CT molecular complexity index is 588. The summed E-state index contributed by atoms with van der Waals surface area (Å²) in [5.41, 5.74) is 0.793. The molecule has 1 aromatic rings. The van der Waals surface area contributed by atoms with Crippen molar-refractivity contribution in [1.29, 1.82) is 0 Å². The van der Waals surface area contributed by atoms with E-state index < -0.39 is 0 Å². The van der Waals surface area contributed by atoms with Crippen molar-refractivity contribution in [1.82, 2.24) is 10.6 Å². The summed E-state index contributed by atoms with van der Waals surface area (Å²) in [6.07, 6.45) is 2.78. The van der Waals surface area contributed by atoms with E-state index in [0.717, 1.165) is 19.6 Å². The van der Waals surface area contributed by atoms with Gasteiger partial charge < -0.3 is 20.1 Å². The molecule has 0 bridgehead atoms. The van der Waals surface area contributed by atoms with Gasteiger partial charge in [0.05, 0.1) is 13.2 Å². The van der Waals surface area contributed by atoms with Gasteiger partial charge in [0.15, 0.2) is 0 Å². The first-order valence-corrected chi connectivity index (χ1v) is 8.81. The van der Waals surface area contributed by atoms with E-state index in [1.807, 2.05) is 12.1 Å². The molecule has 5 nitrogen and oxygen atoms in total. The number of carbonyl (C=O) groups is 1. The van der Waals surface area contributed by atoms with Gasteiger partial charge in [-0.3, -0.25) is 4.79 Å². The van der Waals surface area contributed by atoms with E-state index in [4.69, 9.17) is 9.47 Å². The highest BCUT2D eigenvalue weighted by Gasteiger charge is 2.57. The first-order chi connectivity index (χ1) is 11.5. The summed E-state index contributed by atoms with van der Waals surface area (Å²) >= 11 is 0. The van der Waals surface area contributed by atoms with Crippen molar-refractivity contribution in [2.45, 2.75) is 38.8 Å². The Hall–Kier alpha value is -1.59. The summed E-state index contributed by atoms with van der Waals surface area (Å²) in [5, 5.41) is 6.58. The van der Waals surface area contributed by atoms with E-state index in [9.17, 15) is 4.79 Å². The van der Waals surface area contributed by atoms with Gasteiger partial charge in [-0.15, -0.1) is 0 Å². The second-order valence-corrected chi connectivity index (χ2v) is 7.34. The van der Waals surface area contributed by atoms with Gasteiger partial charge >= 0.3 is 0 Å². The number of carbonyl (C=O) groups excluding carboxylic acids is 1. The first-order valence-electron chi connectivity index (χ1n) is 8.81. The molecular weight excluding hydrogens is 304 g/mol. The van der Waals surface area contributed by atoms with Crippen LogP contribution in [0.5, 0.6) is 5.75 Å². The molecule has 0 unspecified atom stereocenters. The van der Waals surface area contributed by atoms with E-state index in [1.165, 1.54) is 6.42 Å². The minimum Gasteiger partial charge on any atom is -0.497 e. The van der Waals surface area contributed by atoms with Gasteiger partial charge in [0, 0.05) is 42.6 Å². The first kappa shape index (κ1) is 17.2. The lowest BCUT2D eigenvalue weighted by atomic mass is 9.55. The third-order valence-electron chi connectivity index (χ3n) is 5.44. The highest BCUT2D eigenvalue weighted by Crippen LogP contribution is 2.51. The number of fused-ring (bicyclic) bond motifs is 1. The van der Waals surface area contributed by atoms with Crippen LogP contribution in [0.15, 0.2) is 24.3 Å². The lowest BCUT2D eigenvalue weighted by Crippen LogP contribution is -2.69. The molecule has 1 saturated carbocycles. The van der Waals surface area contributed by atoms with Crippen molar-refractivity contribution in [3.05, 3.63) is 29.8 Å². The summed E-state index contributed by atoms with van der Waals surface area (Å²) in [6.45, 7) is 6.82. The fraction of sp³-hybridized carbons (Fsp3) is 0.632. The number of ether oxygens (including phenoxy) is 2. The highest BCUT2D eigenvalue weighted by atomic mass is 16.5. The van der Waals surface area contributed by atoms with Crippen molar-refractivity contribution in [3.63, 3.8) is 0 Å².